The van der Waals surface area contributed by atoms with Gasteiger partial charge in [0.25, 0.3) is 0 Å². The first-order valence-electron chi connectivity index (χ1n) is 7.33. The summed E-state index contributed by atoms with van der Waals surface area (Å²) in [5, 5.41) is 2.98. The summed E-state index contributed by atoms with van der Waals surface area (Å²) >= 11 is 0. The first-order chi connectivity index (χ1) is 10.0. The highest BCUT2D eigenvalue weighted by Gasteiger charge is 2.27. The lowest BCUT2D eigenvalue weighted by molar-refractivity contribution is 0.0585. The van der Waals surface area contributed by atoms with Gasteiger partial charge in [-0.1, -0.05) is 0 Å². The summed E-state index contributed by atoms with van der Waals surface area (Å²) in [7, 11) is -3.58. The molecule has 0 aliphatic carbocycles. The van der Waals surface area contributed by atoms with Gasteiger partial charge < -0.3 is 10.1 Å². The number of rotatable bonds is 6. The fraction of sp³-hybridized carbons (Fsp3) is 0.643. The molecule has 6 nitrogen and oxygen atoms in total. The molecule has 2 rings (SSSR count). The summed E-state index contributed by atoms with van der Waals surface area (Å²) in [6.07, 6.45) is 3.35. The van der Waals surface area contributed by atoms with Gasteiger partial charge in [0.1, 0.15) is 10.7 Å². The lowest BCUT2D eigenvalue weighted by Gasteiger charge is -2.28. The van der Waals surface area contributed by atoms with Crippen molar-refractivity contribution in [2.24, 2.45) is 5.92 Å². The van der Waals surface area contributed by atoms with Gasteiger partial charge in [0.2, 0.25) is 10.0 Å². The zero-order valence-corrected chi connectivity index (χ0v) is 13.3. The maximum absolute atomic E-state index is 12.6. The first-order valence-corrected chi connectivity index (χ1v) is 8.82. The van der Waals surface area contributed by atoms with Crippen LogP contribution in [0.5, 0.6) is 0 Å². The summed E-state index contributed by atoms with van der Waals surface area (Å²) in [5.74, 6) is 0.708. The molecular formula is C14H23N3O3S. The molecule has 7 heteroatoms. The molecule has 1 fully saturated rings. The van der Waals surface area contributed by atoms with E-state index in [9.17, 15) is 8.42 Å². The molecule has 2 heterocycles. The average Bonchev–Trinajstić information content (AvgIpc) is 2.48. The molecule has 0 bridgehead atoms. The van der Waals surface area contributed by atoms with E-state index in [1.54, 1.807) is 18.3 Å². The van der Waals surface area contributed by atoms with E-state index in [-0.39, 0.29) is 10.9 Å². The number of pyridine rings is 1. The fourth-order valence-electron chi connectivity index (χ4n) is 2.53. The average molecular weight is 313 g/mol. The zero-order valence-electron chi connectivity index (χ0n) is 12.5. The van der Waals surface area contributed by atoms with Crippen LogP contribution >= 0.6 is 0 Å². The predicted octanol–water partition coefficient (Wildman–Crippen LogP) is 1.61. The fourth-order valence-corrected chi connectivity index (χ4v) is 3.97. The molecule has 0 spiro atoms. The van der Waals surface area contributed by atoms with Gasteiger partial charge in [0.15, 0.2) is 0 Å². The van der Waals surface area contributed by atoms with E-state index in [1.807, 2.05) is 13.8 Å². The molecule has 1 aliphatic rings. The van der Waals surface area contributed by atoms with E-state index in [4.69, 9.17) is 4.74 Å². The Labute approximate surface area is 126 Å². The van der Waals surface area contributed by atoms with Crippen LogP contribution in [0.25, 0.3) is 0 Å². The van der Waals surface area contributed by atoms with Crippen molar-refractivity contribution in [3.05, 3.63) is 18.3 Å². The number of sulfonamides is 1. The van der Waals surface area contributed by atoms with Crippen LogP contribution in [0.1, 0.15) is 26.7 Å². The number of hydrogen-bond donors (Lipinski definition) is 2. The van der Waals surface area contributed by atoms with Crippen LogP contribution in [0.3, 0.4) is 0 Å². The molecule has 1 aromatic heterocycles. The zero-order chi connectivity index (χ0) is 15.3. The lowest BCUT2D eigenvalue weighted by atomic mass is 9.94. The van der Waals surface area contributed by atoms with Crippen molar-refractivity contribution in [1.29, 1.82) is 0 Å². The van der Waals surface area contributed by atoms with Crippen molar-refractivity contribution in [1.82, 2.24) is 9.71 Å². The molecule has 21 heavy (non-hydrogen) atoms. The van der Waals surface area contributed by atoms with Crippen LogP contribution < -0.4 is 10.0 Å². The topological polar surface area (TPSA) is 80.3 Å². The van der Waals surface area contributed by atoms with Crippen molar-refractivity contribution in [2.45, 2.75) is 37.6 Å². The van der Waals surface area contributed by atoms with Crippen LogP contribution in [-0.2, 0) is 14.8 Å². The van der Waals surface area contributed by atoms with Crippen molar-refractivity contribution < 1.29 is 13.2 Å². The van der Waals surface area contributed by atoms with Crippen molar-refractivity contribution >= 4 is 15.8 Å². The highest BCUT2D eigenvalue weighted by molar-refractivity contribution is 7.89. The number of nitrogens with zero attached hydrogens (tertiary/aromatic N) is 1. The quantitative estimate of drug-likeness (QED) is 0.834. The minimum atomic E-state index is -3.58. The highest BCUT2D eigenvalue weighted by atomic mass is 32.2. The minimum absolute atomic E-state index is 0.117. The normalized spacial score (nSPS) is 18.4. The van der Waals surface area contributed by atoms with Crippen LogP contribution in [-0.4, -0.2) is 39.2 Å². The summed E-state index contributed by atoms with van der Waals surface area (Å²) in [6, 6.07) is 3.09. The van der Waals surface area contributed by atoms with E-state index in [0.29, 0.717) is 31.5 Å². The SMILES string of the molecule is CCNc1ncccc1S(=O)(=O)NC(C)C1CCOCC1. The summed E-state index contributed by atoms with van der Waals surface area (Å²) in [6.45, 7) is 5.84. The second-order valence-corrected chi connectivity index (χ2v) is 6.92. The molecule has 1 saturated heterocycles. The molecular weight excluding hydrogens is 290 g/mol. The van der Waals surface area contributed by atoms with Gasteiger partial charge in [-0.15, -0.1) is 0 Å². The summed E-state index contributed by atoms with van der Waals surface area (Å²) in [5.41, 5.74) is 0. The maximum atomic E-state index is 12.6. The lowest BCUT2D eigenvalue weighted by Crippen LogP contribution is -2.40. The van der Waals surface area contributed by atoms with E-state index in [2.05, 4.69) is 15.0 Å². The Bertz CT molecular complexity index is 556. The molecule has 1 unspecified atom stereocenters. The number of anilines is 1. The predicted molar refractivity (Wildman–Crippen MR) is 81.7 cm³/mol. The van der Waals surface area contributed by atoms with Crippen LogP contribution in [0, 0.1) is 5.92 Å². The van der Waals surface area contributed by atoms with E-state index in [1.165, 1.54) is 0 Å². The smallest absolute Gasteiger partial charge is 0.244 e. The standard InChI is InChI=1S/C14H23N3O3S/c1-3-15-14-13(5-4-8-16-14)21(18,19)17-11(2)12-6-9-20-10-7-12/h4-5,8,11-12,17H,3,6-7,9-10H2,1-2H3,(H,15,16). The highest BCUT2D eigenvalue weighted by Crippen LogP contribution is 2.22. The molecule has 2 N–H and O–H groups in total. The molecule has 0 radical (unpaired) electrons. The number of aromatic nitrogens is 1. The van der Waals surface area contributed by atoms with Gasteiger partial charge in [-0.05, 0) is 44.7 Å². The molecule has 1 aliphatic heterocycles. The molecule has 0 amide bonds. The van der Waals surface area contributed by atoms with Gasteiger partial charge in [0.05, 0.1) is 0 Å². The summed E-state index contributed by atoms with van der Waals surface area (Å²) < 4.78 is 33.2. The van der Waals surface area contributed by atoms with Crippen molar-refractivity contribution in [2.75, 3.05) is 25.1 Å². The van der Waals surface area contributed by atoms with Gasteiger partial charge >= 0.3 is 0 Å². The van der Waals surface area contributed by atoms with Crippen molar-refractivity contribution in [3.63, 3.8) is 0 Å². The minimum Gasteiger partial charge on any atom is -0.381 e. The third-order valence-electron chi connectivity index (χ3n) is 3.72. The number of nitrogens with one attached hydrogen (secondary N) is 2. The molecule has 1 atom stereocenters. The Hall–Kier alpha value is -1.18. The van der Waals surface area contributed by atoms with Gasteiger partial charge in [-0.3, -0.25) is 0 Å². The Balaban J connectivity index is 2.14. The second kappa shape index (κ2) is 7.20. The van der Waals surface area contributed by atoms with Gasteiger partial charge in [0, 0.05) is 32.0 Å². The van der Waals surface area contributed by atoms with Gasteiger partial charge in [-0.2, -0.15) is 0 Å². The van der Waals surface area contributed by atoms with E-state index in [0.717, 1.165) is 12.8 Å². The molecule has 0 aromatic carbocycles. The van der Waals surface area contributed by atoms with Crippen molar-refractivity contribution in [3.8, 4) is 0 Å². The second-order valence-electron chi connectivity index (χ2n) is 5.24. The van der Waals surface area contributed by atoms with Crippen LogP contribution in [0.15, 0.2) is 23.2 Å². The van der Waals surface area contributed by atoms with Crippen LogP contribution in [0.2, 0.25) is 0 Å². The molecule has 118 valence electrons. The molecule has 1 aromatic rings. The Kier molecular flexibility index (Phi) is 5.55. The third kappa shape index (κ3) is 4.15. The molecule has 0 saturated carbocycles. The Morgan fingerprint density at radius 3 is 2.81 bits per heavy atom. The maximum Gasteiger partial charge on any atom is 0.244 e. The number of ether oxygens (including phenoxy) is 1. The van der Waals surface area contributed by atoms with Crippen LogP contribution in [0.4, 0.5) is 5.82 Å². The summed E-state index contributed by atoms with van der Waals surface area (Å²) in [4.78, 5) is 4.30. The largest absolute Gasteiger partial charge is 0.381 e. The van der Waals surface area contributed by atoms with E-state index >= 15 is 0 Å². The Morgan fingerprint density at radius 2 is 2.14 bits per heavy atom. The Morgan fingerprint density at radius 1 is 1.43 bits per heavy atom. The van der Waals surface area contributed by atoms with Gasteiger partial charge in [-0.25, -0.2) is 18.1 Å². The monoisotopic (exact) mass is 313 g/mol. The van der Waals surface area contributed by atoms with E-state index < -0.39 is 10.0 Å². The number of hydrogen-bond acceptors (Lipinski definition) is 5. The first kappa shape index (κ1) is 16.2. The third-order valence-corrected chi connectivity index (χ3v) is 5.31.